The van der Waals surface area contributed by atoms with E-state index in [1.54, 1.807) is 19.1 Å². The zero-order valence-electron chi connectivity index (χ0n) is 18.3. The van der Waals surface area contributed by atoms with Crippen molar-refractivity contribution < 1.29 is 27.6 Å². The summed E-state index contributed by atoms with van der Waals surface area (Å²) in [6.07, 6.45) is -2.89. The van der Waals surface area contributed by atoms with Crippen LogP contribution in [0.15, 0.2) is 48.5 Å². The maximum absolute atomic E-state index is 13.1. The molecule has 1 N–H and O–H groups in total. The summed E-state index contributed by atoms with van der Waals surface area (Å²) in [6.45, 7) is 3.20. The van der Waals surface area contributed by atoms with Crippen LogP contribution in [0.4, 0.5) is 18.0 Å². The van der Waals surface area contributed by atoms with Crippen molar-refractivity contribution in [3.8, 4) is 0 Å². The molecular weight excluding hydrogens is 435 g/mol. The Morgan fingerprint density at radius 3 is 2.24 bits per heavy atom. The van der Waals surface area contributed by atoms with Crippen molar-refractivity contribution in [1.29, 1.82) is 0 Å². The van der Waals surface area contributed by atoms with Gasteiger partial charge in [0.15, 0.2) is 0 Å². The van der Waals surface area contributed by atoms with E-state index in [9.17, 15) is 27.6 Å². The molecular formula is C24H24F3N3O3. The van der Waals surface area contributed by atoms with Gasteiger partial charge in [-0.3, -0.25) is 14.5 Å². The van der Waals surface area contributed by atoms with E-state index in [1.165, 1.54) is 17.0 Å². The lowest BCUT2D eigenvalue weighted by Gasteiger charge is -2.26. The van der Waals surface area contributed by atoms with Crippen LogP contribution in [0.25, 0.3) is 0 Å². The van der Waals surface area contributed by atoms with Gasteiger partial charge in [0.2, 0.25) is 5.91 Å². The number of halogens is 3. The molecule has 1 saturated carbocycles. The van der Waals surface area contributed by atoms with Crippen molar-refractivity contribution in [2.75, 3.05) is 6.54 Å². The second-order valence-electron chi connectivity index (χ2n) is 8.76. The molecule has 2 fully saturated rings. The van der Waals surface area contributed by atoms with Gasteiger partial charge in [-0.15, -0.1) is 0 Å². The highest BCUT2D eigenvalue weighted by Gasteiger charge is 2.50. The number of hydrogen-bond donors (Lipinski definition) is 1. The minimum atomic E-state index is -4.43. The molecule has 4 rings (SSSR count). The summed E-state index contributed by atoms with van der Waals surface area (Å²) in [7, 11) is 0. The summed E-state index contributed by atoms with van der Waals surface area (Å²) in [5.41, 5.74) is 0.137. The molecule has 2 aromatic rings. The number of urea groups is 1. The third kappa shape index (κ3) is 4.58. The number of aryl methyl sites for hydroxylation is 1. The van der Waals surface area contributed by atoms with Crippen LogP contribution in [0, 0.1) is 6.92 Å². The summed E-state index contributed by atoms with van der Waals surface area (Å²) >= 11 is 0. The normalized spacial score (nSPS) is 20.7. The quantitative estimate of drug-likeness (QED) is 0.665. The number of carbonyl (C=O) groups excluding carboxylic acids is 3. The van der Waals surface area contributed by atoms with Crippen molar-refractivity contribution in [2.24, 2.45) is 0 Å². The van der Waals surface area contributed by atoms with Crippen molar-refractivity contribution in [3.05, 3.63) is 70.8 Å². The Kier molecular flexibility index (Phi) is 5.67. The lowest BCUT2D eigenvalue weighted by Crippen LogP contribution is -2.45. The Labute approximate surface area is 189 Å². The highest BCUT2D eigenvalue weighted by Crippen LogP contribution is 2.33. The van der Waals surface area contributed by atoms with Crippen molar-refractivity contribution in [2.45, 2.75) is 51.0 Å². The predicted molar refractivity (Wildman–Crippen MR) is 114 cm³/mol. The van der Waals surface area contributed by atoms with Crippen LogP contribution in [-0.2, 0) is 27.8 Å². The van der Waals surface area contributed by atoms with E-state index in [0.717, 1.165) is 35.4 Å². The van der Waals surface area contributed by atoms with Crippen LogP contribution in [-0.4, -0.2) is 40.2 Å². The van der Waals surface area contributed by atoms with Gasteiger partial charge < -0.3 is 10.2 Å². The molecule has 33 heavy (non-hydrogen) atoms. The number of nitrogens with zero attached hydrogens (tertiary/aromatic N) is 2. The van der Waals surface area contributed by atoms with Crippen LogP contribution in [0.2, 0.25) is 0 Å². The largest absolute Gasteiger partial charge is 0.416 e. The molecule has 2 aromatic carbocycles. The molecule has 2 aliphatic rings. The maximum atomic E-state index is 13.1. The Morgan fingerprint density at radius 1 is 1.09 bits per heavy atom. The summed E-state index contributed by atoms with van der Waals surface area (Å²) in [5.74, 6) is -0.941. The summed E-state index contributed by atoms with van der Waals surface area (Å²) < 4.78 is 38.4. The monoisotopic (exact) mass is 459 g/mol. The molecule has 1 saturated heterocycles. The molecule has 0 spiro atoms. The SMILES string of the molecule is Cc1ccc(C2(C)NC(=O)N(CC(=O)N(Cc3ccc(C(F)(F)F)cc3)C3CC3)C2=O)cc1. The van der Waals surface area contributed by atoms with E-state index in [0.29, 0.717) is 11.1 Å². The number of carbonyl (C=O) groups is 3. The van der Waals surface area contributed by atoms with Gasteiger partial charge in [0.25, 0.3) is 5.91 Å². The maximum Gasteiger partial charge on any atom is 0.416 e. The predicted octanol–water partition coefficient (Wildman–Crippen LogP) is 3.97. The lowest BCUT2D eigenvalue weighted by atomic mass is 9.91. The highest BCUT2D eigenvalue weighted by molar-refractivity contribution is 6.09. The van der Waals surface area contributed by atoms with Crippen LogP contribution >= 0.6 is 0 Å². The Balaban J connectivity index is 1.48. The molecule has 0 aromatic heterocycles. The average Bonchev–Trinajstić information content (AvgIpc) is 3.57. The fourth-order valence-electron chi connectivity index (χ4n) is 3.95. The number of alkyl halides is 3. The number of imide groups is 1. The molecule has 4 amide bonds. The van der Waals surface area contributed by atoms with Gasteiger partial charge >= 0.3 is 12.2 Å². The molecule has 1 unspecified atom stereocenters. The Bertz CT molecular complexity index is 1080. The average molecular weight is 459 g/mol. The molecule has 1 aliphatic carbocycles. The summed E-state index contributed by atoms with van der Waals surface area (Å²) in [6, 6.07) is 11.1. The Morgan fingerprint density at radius 2 is 1.70 bits per heavy atom. The van der Waals surface area contributed by atoms with Crippen LogP contribution in [0.5, 0.6) is 0 Å². The fraction of sp³-hybridized carbons (Fsp3) is 0.375. The number of hydrogen-bond acceptors (Lipinski definition) is 3. The second-order valence-corrected chi connectivity index (χ2v) is 8.76. The van der Waals surface area contributed by atoms with E-state index in [-0.39, 0.29) is 12.6 Å². The fourth-order valence-corrected chi connectivity index (χ4v) is 3.95. The lowest BCUT2D eigenvalue weighted by molar-refractivity contribution is -0.139. The minimum Gasteiger partial charge on any atom is -0.334 e. The minimum absolute atomic E-state index is 0.0518. The first-order valence-corrected chi connectivity index (χ1v) is 10.7. The first-order valence-electron chi connectivity index (χ1n) is 10.7. The third-order valence-electron chi connectivity index (χ3n) is 6.14. The number of rotatable bonds is 6. The first-order chi connectivity index (χ1) is 15.5. The molecule has 1 atom stereocenters. The van der Waals surface area contributed by atoms with E-state index >= 15 is 0 Å². The van der Waals surface area contributed by atoms with Gasteiger partial charge in [-0.05, 0) is 49.9 Å². The number of amides is 4. The summed E-state index contributed by atoms with van der Waals surface area (Å²) in [4.78, 5) is 41.2. The number of benzene rings is 2. The molecule has 0 bridgehead atoms. The van der Waals surface area contributed by atoms with Crippen LogP contribution in [0.3, 0.4) is 0 Å². The molecule has 9 heteroatoms. The van der Waals surface area contributed by atoms with E-state index in [2.05, 4.69) is 5.32 Å². The van der Waals surface area contributed by atoms with Gasteiger partial charge in [0.1, 0.15) is 12.1 Å². The standard InChI is InChI=1S/C24H24F3N3O3/c1-15-3-7-17(8-4-15)23(2)21(32)30(22(33)28-23)14-20(31)29(19-11-12-19)13-16-5-9-18(10-6-16)24(25,26)27/h3-10,19H,11-14H2,1-2H3,(H,28,33). The van der Waals surface area contributed by atoms with E-state index < -0.39 is 41.7 Å². The van der Waals surface area contributed by atoms with Gasteiger partial charge in [-0.2, -0.15) is 13.2 Å². The van der Waals surface area contributed by atoms with E-state index in [1.807, 2.05) is 19.1 Å². The highest BCUT2D eigenvalue weighted by atomic mass is 19.4. The number of nitrogens with one attached hydrogen (secondary N) is 1. The molecule has 174 valence electrons. The van der Waals surface area contributed by atoms with Crippen molar-refractivity contribution in [1.82, 2.24) is 15.1 Å². The molecule has 6 nitrogen and oxygen atoms in total. The van der Waals surface area contributed by atoms with Crippen LogP contribution in [0.1, 0.15) is 42.0 Å². The first kappa shape index (κ1) is 22.8. The van der Waals surface area contributed by atoms with Crippen LogP contribution < -0.4 is 5.32 Å². The zero-order chi connectivity index (χ0) is 24.0. The third-order valence-corrected chi connectivity index (χ3v) is 6.14. The smallest absolute Gasteiger partial charge is 0.334 e. The van der Waals surface area contributed by atoms with Gasteiger partial charge in [0, 0.05) is 12.6 Å². The Hall–Kier alpha value is -3.36. The second kappa shape index (κ2) is 8.20. The van der Waals surface area contributed by atoms with Crippen molar-refractivity contribution in [3.63, 3.8) is 0 Å². The zero-order valence-corrected chi connectivity index (χ0v) is 18.3. The molecule has 1 aliphatic heterocycles. The van der Waals surface area contributed by atoms with Gasteiger partial charge in [-0.1, -0.05) is 42.0 Å². The molecule has 1 heterocycles. The summed E-state index contributed by atoms with van der Waals surface area (Å²) in [5, 5.41) is 2.69. The van der Waals surface area contributed by atoms with E-state index in [4.69, 9.17) is 0 Å². The van der Waals surface area contributed by atoms with Gasteiger partial charge in [-0.25, -0.2) is 4.79 Å². The molecule has 0 radical (unpaired) electrons. The van der Waals surface area contributed by atoms with Gasteiger partial charge in [0.05, 0.1) is 5.56 Å². The van der Waals surface area contributed by atoms with Crippen molar-refractivity contribution >= 4 is 17.8 Å². The topological polar surface area (TPSA) is 69.7 Å².